The molecule has 0 spiro atoms. The van der Waals surface area contributed by atoms with Crippen LogP contribution in [0.5, 0.6) is 0 Å². The second kappa shape index (κ2) is 29.0. The fraction of sp³-hybridized carbons (Fsp3) is 0. The topological polar surface area (TPSA) is 119 Å². The SMILES string of the molecule is c1ccc(-c2ccc(-c3nc(-n4c5ccccc5c5c6c7ccccc7n7c8ccccc8c(cc54)c67)c4c(n3)sc3ccccc34)cc2)cc1.c1ccc(-c2nc(-n3c4ccccc4c4c5c6ccccc6n6c7ccccc7c(cc43)c56)c3c(n2)oc2ccccc23)cc1.c1ccc(-c2nc(-n3c4ccccc4c4c5c6ccccc6n6c7ccccc7c(cc43)c56)c3c(n2)sc2ccccc23)cc1. The van der Waals surface area contributed by atoms with E-state index in [1.807, 2.05) is 42.5 Å². The second-order valence-corrected chi connectivity index (χ2v) is 39.0. The van der Waals surface area contributed by atoms with E-state index in [4.69, 9.17) is 34.3 Å². The number of aromatic nitrogens is 12. The van der Waals surface area contributed by atoms with Crippen LogP contribution < -0.4 is 0 Å². The molecule has 15 heteroatoms. The van der Waals surface area contributed by atoms with Crippen LogP contribution in [0.2, 0.25) is 0 Å². The Hall–Kier alpha value is -18.5. The normalized spacial score (nSPS) is 12.4. The lowest BCUT2D eigenvalue weighted by molar-refractivity contribution is 0.653. The molecule has 0 saturated carbocycles. The molecule has 0 unspecified atom stereocenters. The maximum atomic E-state index is 6.42. The lowest BCUT2D eigenvalue weighted by atomic mass is 10.0. The molecular formula is C126H70N12OS2. The smallest absolute Gasteiger partial charge is 0.233 e. The molecule has 34 rings (SSSR count). The Morgan fingerprint density at radius 1 is 0.177 bits per heavy atom. The molecule has 15 aromatic heterocycles. The molecule has 13 nitrogen and oxygen atoms in total. The molecule has 15 heterocycles. The zero-order chi connectivity index (χ0) is 91.7. The van der Waals surface area contributed by atoms with Crippen molar-refractivity contribution in [1.82, 2.24) is 56.8 Å². The van der Waals surface area contributed by atoms with Gasteiger partial charge in [-0.1, -0.05) is 334 Å². The first-order valence-electron chi connectivity index (χ1n) is 47.6. The second-order valence-electron chi connectivity index (χ2n) is 36.9. The Kier molecular flexibility index (Phi) is 15.8. The molecule has 0 radical (unpaired) electrons. The highest BCUT2D eigenvalue weighted by Gasteiger charge is 2.33. The van der Waals surface area contributed by atoms with Crippen LogP contribution in [0.4, 0.5) is 0 Å². The van der Waals surface area contributed by atoms with Crippen LogP contribution in [0.3, 0.4) is 0 Å². The molecule has 0 aliphatic carbocycles. The molecule has 0 saturated heterocycles. The fourth-order valence-corrected chi connectivity index (χ4v) is 26.0. The van der Waals surface area contributed by atoms with Crippen LogP contribution in [0.25, 0.3) is 305 Å². The molecule has 0 N–H and O–H groups in total. The van der Waals surface area contributed by atoms with Crippen LogP contribution >= 0.6 is 22.7 Å². The zero-order valence-corrected chi connectivity index (χ0v) is 76.6. The standard InChI is InChI=1S/C46H26N4S.C40H22N4O.C40H22N4S/c1-2-12-27(13-3-1)28-22-24-29(25-23-28)44-47-45(42-33-17-7-11-21-39(33)51-46(42)48-44)50-37-20-10-5-15-31(37)40-38(50)26-34-30-14-4-8-18-35(30)49-36-19-9-6-16-32(36)41(40)43(34)49;2*1-2-12-23(13-3-1)38-41-39(36-27-17-7-11-21-33(27)45-40(36)42-38)44-31-20-10-5-15-25(31)34-32(44)22-28-24-14-4-8-18-29(24)43-30-19-9-6-16-26(30)35(34)37(28)43/h1-26H;2*1-22H. The van der Waals surface area contributed by atoms with Crippen molar-refractivity contribution in [1.29, 1.82) is 0 Å². The van der Waals surface area contributed by atoms with E-state index in [0.29, 0.717) is 11.5 Å². The number of thiophene rings is 2. The fourth-order valence-electron chi connectivity index (χ4n) is 23.9. The average Bonchev–Trinajstić information content (AvgIpc) is 1.52. The van der Waals surface area contributed by atoms with E-state index in [0.717, 1.165) is 116 Å². The summed E-state index contributed by atoms with van der Waals surface area (Å²) in [5.74, 6) is 4.74. The summed E-state index contributed by atoms with van der Waals surface area (Å²) in [6.45, 7) is 0. The third kappa shape index (κ3) is 10.6. The molecular weight excluding hydrogens is 1760 g/mol. The van der Waals surface area contributed by atoms with Gasteiger partial charge < -0.3 is 17.6 Å². The first-order valence-corrected chi connectivity index (χ1v) is 49.3. The number of hydrogen-bond donors (Lipinski definition) is 0. The van der Waals surface area contributed by atoms with E-state index in [9.17, 15) is 0 Å². The Balaban J connectivity index is 0.0000000956. The summed E-state index contributed by atoms with van der Waals surface area (Å²) in [6, 6.07) is 151. The molecule has 141 heavy (non-hydrogen) atoms. The van der Waals surface area contributed by atoms with E-state index < -0.39 is 0 Å². The van der Waals surface area contributed by atoms with Crippen molar-refractivity contribution in [3.05, 3.63) is 425 Å². The summed E-state index contributed by atoms with van der Waals surface area (Å²) in [4.78, 5) is 33.7. The number of benzene rings is 19. The van der Waals surface area contributed by atoms with E-state index in [1.54, 1.807) is 22.7 Å². The van der Waals surface area contributed by atoms with Gasteiger partial charge >= 0.3 is 0 Å². The highest BCUT2D eigenvalue weighted by molar-refractivity contribution is 7.26. The van der Waals surface area contributed by atoms with Crippen molar-refractivity contribution < 1.29 is 4.42 Å². The number of furan rings is 1. The molecule has 652 valence electrons. The molecule has 19 aromatic carbocycles. The van der Waals surface area contributed by atoms with Gasteiger partial charge in [-0.25, -0.2) is 24.9 Å². The van der Waals surface area contributed by atoms with Crippen molar-refractivity contribution >= 4 is 265 Å². The Morgan fingerprint density at radius 3 is 0.816 bits per heavy atom. The van der Waals surface area contributed by atoms with Gasteiger partial charge in [0.2, 0.25) is 5.71 Å². The van der Waals surface area contributed by atoms with Gasteiger partial charge in [-0.15, -0.1) is 22.7 Å². The Labute approximate surface area is 807 Å². The molecule has 0 aliphatic rings. The van der Waals surface area contributed by atoms with Crippen LogP contribution in [-0.4, -0.2) is 56.8 Å². The van der Waals surface area contributed by atoms with Crippen molar-refractivity contribution in [2.75, 3.05) is 0 Å². The number of fused-ring (bicyclic) bond motifs is 39. The van der Waals surface area contributed by atoms with Crippen molar-refractivity contribution in [2.45, 2.75) is 0 Å². The van der Waals surface area contributed by atoms with Gasteiger partial charge in [-0.05, 0) is 102 Å². The van der Waals surface area contributed by atoms with E-state index >= 15 is 0 Å². The van der Waals surface area contributed by atoms with Crippen molar-refractivity contribution in [3.63, 3.8) is 0 Å². The first-order chi connectivity index (χ1) is 70.0. The highest BCUT2D eigenvalue weighted by Crippen LogP contribution is 2.54. The Morgan fingerprint density at radius 2 is 0.440 bits per heavy atom. The van der Waals surface area contributed by atoms with Gasteiger partial charge in [-0.3, -0.25) is 13.7 Å². The number of rotatable bonds is 7. The van der Waals surface area contributed by atoms with Gasteiger partial charge in [0.15, 0.2) is 34.9 Å². The maximum Gasteiger partial charge on any atom is 0.233 e. The van der Waals surface area contributed by atoms with Gasteiger partial charge in [0, 0.05) is 139 Å². The van der Waals surface area contributed by atoms with Crippen molar-refractivity contribution in [3.8, 4) is 62.7 Å². The molecule has 34 aromatic rings. The molecule has 0 bridgehead atoms. The summed E-state index contributed by atoms with van der Waals surface area (Å²) >= 11 is 3.47. The maximum absolute atomic E-state index is 6.42. The third-order valence-electron chi connectivity index (χ3n) is 29.6. The van der Waals surface area contributed by atoms with Crippen LogP contribution in [0.15, 0.2) is 429 Å². The Bertz CT molecular complexity index is 10900. The molecule has 0 atom stereocenters. The monoisotopic (exact) mass is 1830 g/mol. The lowest BCUT2D eigenvalue weighted by Crippen LogP contribution is -2.02. The van der Waals surface area contributed by atoms with Gasteiger partial charge in [-0.2, -0.15) is 4.98 Å². The summed E-state index contributed by atoms with van der Waals surface area (Å²) < 4.78 is 23.4. The number of hydrogen-bond acceptors (Lipinski definition) is 9. The van der Waals surface area contributed by atoms with Crippen LogP contribution in [0.1, 0.15) is 0 Å². The van der Waals surface area contributed by atoms with E-state index in [2.05, 4.69) is 409 Å². The van der Waals surface area contributed by atoms with Gasteiger partial charge in [0.25, 0.3) is 0 Å². The lowest BCUT2D eigenvalue weighted by Gasteiger charge is -2.12. The van der Waals surface area contributed by atoms with Crippen LogP contribution in [0, 0.1) is 0 Å². The summed E-state index contributed by atoms with van der Waals surface area (Å²) in [6.07, 6.45) is 0. The first kappa shape index (κ1) is 76.7. The van der Waals surface area contributed by atoms with Gasteiger partial charge in [0.05, 0.1) is 98.9 Å². The quantitative estimate of drug-likeness (QED) is 0.156. The predicted molar refractivity (Wildman–Crippen MR) is 588 cm³/mol. The van der Waals surface area contributed by atoms with Crippen LogP contribution in [-0.2, 0) is 0 Å². The minimum Gasteiger partial charge on any atom is -0.437 e. The van der Waals surface area contributed by atoms with Gasteiger partial charge in [0.1, 0.15) is 15.2 Å². The van der Waals surface area contributed by atoms with Crippen molar-refractivity contribution in [2.24, 2.45) is 0 Å². The number of para-hydroxylation sites is 10. The largest absolute Gasteiger partial charge is 0.437 e. The minimum absolute atomic E-state index is 0.582. The van der Waals surface area contributed by atoms with E-state index in [1.165, 1.54) is 178 Å². The average molecular weight is 1830 g/mol. The number of nitrogens with zero attached hydrogens (tertiary/aromatic N) is 12. The molecule has 0 fully saturated rings. The molecule has 0 amide bonds. The highest BCUT2D eigenvalue weighted by atomic mass is 32.1. The summed E-state index contributed by atoms with van der Waals surface area (Å²) in [5, 5.41) is 29.0. The summed E-state index contributed by atoms with van der Waals surface area (Å²) in [5.41, 5.74) is 24.7. The third-order valence-corrected chi connectivity index (χ3v) is 31.8. The van der Waals surface area contributed by atoms with E-state index in [-0.39, 0.29) is 0 Å². The summed E-state index contributed by atoms with van der Waals surface area (Å²) in [7, 11) is 0. The molecule has 0 aliphatic heterocycles. The predicted octanol–water partition coefficient (Wildman–Crippen LogP) is 33.5. The minimum atomic E-state index is 0.582. The zero-order valence-electron chi connectivity index (χ0n) is 75.0.